The standard InChI is InChI=1S/C15H19N3O3/c1-9(2)14-12-7-10(17(3)4)5-6-11(12)15(21)18(16-14)8-13(19)20/h5-7,9H,8H2,1-4H3,(H,19,20). The molecule has 0 spiro atoms. The van der Waals surface area contributed by atoms with Gasteiger partial charge in [0.25, 0.3) is 5.56 Å². The SMILES string of the molecule is CC(C)c1nn(CC(=O)O)c(=O)c2ccc(N(C)C)cc12. The minimum atomic E-state index is -1.08. The fourth-order valence-corrected chi connectivity index (χ4v) is 2.24. The predicted molar refractivity (Wildman–Crippen MR) is 82.1 cm³/mol. The molecular formula is C15H19N3O3. The van der Waals surface area contributed by atoms with Crippen LogP contribution in [0.3, 0.4) is 0 Å². The van der Waals surface area contributed by atoms with E-state index in [1.807, 2.05) is 45.0 Å². The minimum absolute atomic E-state index is 0.0885. The molecule has 0 bridgehead atoms. The molecule has 1 aromatic carbocycles. The van der Waals surface area contributed by atoms with Crippen LogP contribution in [0.1, 0.15) is 25.5 Å². The van der Waals surface area contributed by atoms with Crippen LogP contribution in [0.2, 0.25) is 0 Å². The first kappa shape index (κ1) is 15.0. The van der Waals surface area contributed by atoms with Crippen molar-refractivity contribution in [3.63, 3.8) is 0 Å². The molecule has 1 heterocycles. The van der Waals surface area contributed by atoms with Crippen molar-refractivity contribution in [1.29, 1.82) is 0 Å². The second kappa shape index (κ2) is 5.55. The third kappa shape index (κ3) is 2.89. The van der Waals surface area contributed by atoms with Gasteiger partial charge in [0.1, 0.15) is 6.54 Å². The number of hydrogen-bond donors (Lipinski definition) is 1. The number of benzene rings is 1. The van der Waals surface area contributed by atoms with Crippen molar-refractivity contribution in [1.82, 2.24) is 9.78 Å². The molecule has 2 aromatic rings. The van der Waals surface area contributed by atoms with Crippen molar-refractivity contribution in [3.05, 3.63) is 34.2 Å². The Kier molecular flexibility index (Phi) is 3.97. The molecule has 0 saturated heterocycles. The number of hydrogen-bond acceptors (Lipinski definition) is 4. The summed E-state index contributed by atoms with van der Waals surface area (Å²) in [7, 11) is 3.85. The molecule has 0 saturated carbocycles. The van der Waals surface area contributed by atoms with Crippen molar-refractivity contribution >= 4 is 22.4 Å². The number of carboxylic acids is 1. The van der Waals surface area contributed by atoms with E-state index in [-0.39, 0.29) is 11.5 Å². The first-order chi connectivity index (χ1) is 9.81. The lowest BCUT2D eigenvalue weighted by molar-refractivity contribution is -0.138. The second-order valence-corrected chi connectivity index (χ2v) is 5.52. The zero-order valence-corrected chi connectivity index (χ0v) is 12.6. The van der Waals surface area contributed by atoms with E-state index in [1.54, 1.807) is 6.07 Å². The Morgan fingerprint density at radius 1 is 1.33 bits per heavy atom. The first-order valence-electron chi connectivity index (χ1n) is 6.75. The number of aromatic nitrogens is 2. The maximum Gasteiger partial charge on any atom is 0.325 e. The highest BCUT2D eigenvalue weighted by molar-refractivity contribution is 5.87. The maximum atomic E-state index is 12.3. The molecule has 0 amide bonds. The van der Waals surface area contributed by atoms with Crippen LogP contribution in [-0.2, 0) is 11.3 Å². The largest absolute Gasteiger partial charge is 0.480 e. The van der Waals surface area contributed by atoms with Crippen LogP contribution in [0.25, 0.3) is 10.8 Å². The Morgan fingerprint density at radius 3 is 2.52 bits per heavy atom. The molecule has 1 aromatic heterocycles. The van der Waals surface area contributed by atoms with Crippen molar-refractivity contribution in [2.75, 3.05) is 19.0 Å². The Bertz CT molecular complexity index is 748. The smallest absolute Gasteiger partial charge is 0.325 e. The summed E-state index contributed by atoms with van der Waals surface area (Å²) in [6, 6.07) is 5.50. The molecular weight excluding hydrogens is 270 g/mol. The summed E-state index contributed by atoms with van der Waals surface area (Å²) in [4.78, 5) is 25.2. The molecule has 6 nitrogen and oxygen atoms in total. The summed E-state index contributed by atoms with van der Waals surface area (Å²) in [5.41, 5.74) is 1.33. The van der Waals surface area contributed by atoms with Gasteiger partial charge in [0.05, 0.1) is 11.1 Å². The summed E-state index contributed by atoms with van der Waals surface area (Å²) in [5.74, 6) is -0.992. The van der Waals surface area contributed by atoms with Gasteiger partial charge in [-0.3, -0.25) is 9.59 Å². The third-order valence-corrected chi connectivity index (χ3v) is 3.32. The van der Waals surface area contributed by atoms with E-state index >= 15 is 0 Å². The van der Waals surface area contributed by atoms with E-state index < -0.39 is 12.5 Å². The molecule has 0 aliphatic carbocycles. The second-order valence-electron chi connectivity index (χ2n) is 5.52. The van der Waals surface area contributed by atoms with E-state index in [1.165, 1.54) is 0 Å². The Balaban J connectivity index is 2.79. The van der Waals surface area contributed by atoms with Crippen molar-refractivity contribution in [2.24, 2.45) is 0 Å². The normalized spacial score (nSPS) is 11.1. The van der Waals surface area contributed by atoms with Crippen LogP contribution in [0.15, 0.2) is 23.0 Å². The van der Waals surface area contributed by atoms with E-state index in [9.17, 15) is 9.59 Å². The maximum absolute atomic E-state index is 12.3. The number of aliphatic carboxylic acids is 1. The van der Waals surface area contributed by atoms with Crippen LogP contribution in [0.5, 0.6) is 0 Å². The highest BCUT2D eigenvalue weighted by Crippen LogP contribution is 2.25. The van der Waals surface area contributed by atoms with Gasteiger partial charge in [0.2, 0.25) is 0 Å². The van der Waals surface area contributed by atoms with Gasteiger partial charge in [0.15, 0.2) is 0 Å². The fraction of sp³-hybridized carbons (Fsp3) is 0.400. The van der Waals surface area contributed by atoms with Crippen molar-refractivity contribution in [3.8, 4) is 0 Å². The minimum Gasteiger partial charge on any atom is -0.480 e. The van der Waals surface area contributed by atoms with Gasteiger partial charge < -0.3 is 10.0 Å². The van der Waals surface area contributed by atoms with Gasteiger partial charge >= 0.3 is 5.97 Å². The van der Waals surface area contributed by atoms with Crippen LogP contribution >= 0.6 is 0 Å². The molecule has 0 aliphatic heterocycles. The lowest BCUT2D eigenvalue weighted by Crippen LogP contribution is -2.28. The zero-order chi connectivity index (χ0) is 15.7. The van der Waals surface area contributed by atoms with Crippen molar-refractivity contribution in [2.45, 2.75) is 26.3 Å². The molecule has 21 heavy (non-hydrogen) atoms. The number of nitrogens with zero attached hydrogens (tertiary/aromatic N) is 3. The zero-order valence-electron chi connectivity index (χ0n) is 12.6. The van der Waals surface area contributed by atoms with Gasteiger partial charge in [-0.05, 0) is 24.1 Å². The molecule has 0 aliphatic rings. The molecule has 2 rings (SSSR count). The van der Waals surface area contributed by atoms with E-state index in [0.29, 0.717) is 5.39 Å². The lowest BCUT2D eigenvalue weighted by Gasteiger charge is -2.16. The number of carboxylic acid groups (broad SMARTS) is 1. The molecule has 0 fully saturated rings. The van der Waals surface area contributed by atoms with Gasteiger partial charge in [-0.25, -0.2) is 4.68 Å². The van der Waals surface area contributed by atoms with Crippen molar-refractivity contribution < 1.29 is 9.90 Å². The first-order valence-corrected chi connectivity index (χ1v) is 6.75. The Labute approximate surface area is 122 Å². The van der Waals surface area contributed by atoms with E-state index in [2.05, 4.69) is 5.10 Å². The molecule has 0 radical (unpaired) electrons. The van der Waals surface area contributed by atoms with Crippen LogP contribution in [0.4, 0.5) is 5.69 Å². The average molecular weight is 289 g/mol. The summed E-state index contributed by atoms with van der Waals surface area (Å²) in [5, 5.41) is 14.4. The average Bonchev–Trinajstić information content (AvgIpc) is 2.40. The predicted octanol–water partition coefficient (Wildman–Crippen LogP) is 1.67. The summed E-state index contributed by atoms with van der Waals surface area (Å²) in [6.07, 6.45) is 0. The molecule has 1 N–H and O–H groups in total. The van der Waals surface area contributed by atoms with Gasteiger partial charge in [-0.1, -0.05) is 13.8 Å². The molecule has 0 unspecified atom stereocenters. The van der Waals surface area contributed by atoms with Crippen LogP contribution in [-0.4, -0.2) is 35.0 Å². The van der Waals surface area contributed by atoms with Crippen LogP contribution in [0, 0.1) is 0 Å². The Morgan fingerprint density at radius 2 is 2.00 bits per heavy atom. The number of anilines is 1. The number of rotatable bonds is 4. The van der Waals surface area contributed by atoms with E-state index in [4.69, 9.17) is 5.11 Å². The van der Waals surface area contributed by atoms with Gasteiger partial charge in [-0.15, -0.1) is 0 Å². The topological polar surface area (TPSA) is 75.4 Å². The highest BCUT2D eigenvalue weighted by Gasteiger charge is 2.15. The molecule has 0 atom stereocenters. The van der Waals surface area contributed by atoms with E-state index in [0.717, 1.165) is 21.4 Å². The monoisotopic (exact) mass is 289 g/mol. The lowest BCUT2D eigenvalue weighted by atomic mass is 10.0. The van der Waals surface area contributed by atoms with Crippen LogP contribution < -0.4 is 10.5 Å². The fourth-order valence-electron chi connectivity index (χ4n) is 2.24. The highest BCUT2D eigenvalue weighted by atomic mass is 16.4. The quantitative estimate of drug-likeness (QED) is 0.926. The summed E-state index contributed by atoms with van der Waals surface area (Å²) in [6.45, 7) is 3.52. The van der Waals surface area contributed by atoms with Gasteiger partial charge in [0, 0.05) is 25.2 Å². The summed E-state index contributed by atoms with van der Waals surface area (Å²) >= 11 is 0. The third-order valence-electron chi connectivity index (χ3n) is 3.32. The number of fused-ring (bicyclic) bond motifs is 1. The Hall–Kier alpha value is -2.37. The summed E-state index contributed by atoms with van der Waals surface area (Å²) < 4.78 is 1.02. The van der Waals surface area contributed by atoms with Gasteiger partial charge in [-0.2, -0.15) is 5.10 Å². The number of carbonyl (C=O) groups is 1. The molecule has 6 heteroatoms. The molecule has 112 valence electrons.